The fraction of sp³-hybridized carbons (Fsp3) is 0.429. The molecule has 0 spiro atoms. The Bertz CT molecular complexity index is 730. The summed E-state index contributed by atoms with van der Waals surface area (Å²) in [7, 11) is 1.70. The minimum atomic E-state index is 0.00982. The van der Waals surface area contributed by atoms with Gasteiger partial charge in [-0.05, 0) is 30.2 Å². The summed E-state index contributed by atoms with van der Waals surface area (Å²) in [6, 6.07) is 12.0. The lowest BCUT2D eigenvalue weighted by Gasteiger charge is -2.35. The summed E-state index contributed by atoms with van der Waals surface area (Å²) < 4.78 is 5.44. The third kappa shape index (κ3) is 4.98. The first-order valence-corrected chi connectivity index (χ1v) is 9.51. The Kier molecular flexibility index (Phi) is 6.65. The number of para-hydroxylation sites is 1. The molecule has 6 nitrogen and oxygen atoms in total. The zero-order valence-corrected chi connectivity index (χ0v) is 16.1. The lowest BCUT2D eigenvalue weighted by atomic mass is 10.1. The summed E-state index contributed by atoms with van der Waals surface area (Å²) in [6.45, 7) is 6.10. The van der Waals surface area contributed by atoms with Crippen molar-refractivity contribution in [2.45, 2.75) is 25.9 Å². The molecule has 2 amide bonds. The van der Waals surface area contributed by atoms with E-state index in [1.807, 2.05) is 35.2 Å². The number of nitrogens with zero attached hydrogens (tertiary/aromatic N) is 3. The fourth-order valence-electron chi connectivity index (χ4n) is 3.44. The highest BCUT2D eigenvalue weighted by Gasteiger charge is 2.23. The summed E-state index contributed by atoms with van der Waals surface area (Å²) in [4.78, 5) is 21.0. The minimum absolute atomic E-state index is 0.00982. The molecule has 0 radical (unpaired) electrons. The van der Waals surface area contributed by atoms with Crippen molar-refractivity contribution in [2.24, 2.45) is 0 Å². The van der Waals surface area contributed by atoms with Gasteiger partial charge in [0.1, 0.15) is 5.75 Å². The number of nitrogens with one attached hydrogen (secondary N) is 1. The van der Waals surface area contributed by atoms with Gasteiger partial charge in [0.25, 0.3) is 0 Å². The Balaban J connectivity index is 1.52. The van der Waals surface area contributed by atoms with Crippen molar-refractivity contribution in [3.63, 3.8) is 0 Å². The number of hydrogen-bond donors (Lipinski definition) is 1. The molecule has 3 rings (SSSR count). The smallest absolute Gasteiger partial charge is 0.317 e. The van der Waals surface area contributed by atoms with Gasteiger partial charge in [0.05, 0.1) is 13.2 Å². The van der Waals surface area contributed by atoms with Gasteiger partial charge in [0, 0.05) is 50.7 Å². The van der Waals surface area contributed by atoms with Crippen LogP contribution in [0.1, 0.15) is 30.5 Å². The van der Waals surface area contributed by atoms with Crippen LogP contribution in [0.5, 0.6) is 5.75 Å². The molecule has 2 aromatic rings. The Morgan fingerprint density at radius 1 is 1.15 bits per heavy atom. The summed E-state index contributed by atoms with van der Waals surface area (Å²) in [5.74, 6) is 0.917. The van der Waals surface area contributed by atoms with E-state index >= 15 is 0 Å². The number of piperazine rings is 1. The van der Waals surface area contributed by atoms with Gasteiger partial charge < -0.3 is 15.0 Å². The first-order valence-electron chi connectivity index (χ1n) is 9.51. The second kappa shape index (κ2) is 9.37. The minimum Gasteiger partial charge on any atom is -0.496 e. The Hall–Kier alpha value is -2.60. The van der Waals surface area contributed by atoms with Crippen molar-refractivity contribution in [3.05, 3.63) is 59.9 Å². The molecule has 1 fully saturated rings. The summed E-state index contributed by atoms with van der Waals surface area (Å²) in [5.41, 5.74) is 2.28. The van der Waals surface area contributed by atoms with Crippen LogP contribution >= 0.6 is 0 Å². The Morgan fingerprint density at radius 3 is 2.52 bits per heavy atom. The predicted octanol–water partition coefficient (Wildman–Crippen LogP) is 3.07. The van der Waals surface area contributed by atoms with Crippen LogP contribution in [0.3, 0.4) is 0 Å². The van der Waals surface area contributed by atoms with Crippen LogP contribution in [-0.2, 0) is 6.54 Å². The van der Waals surface area contributed by atoms with E-state index in [4.69, 9.17) is 4.74 Å². The van der Waals surface area contributed by atoms with Gasteiger partial charge in [0.2, 0.25) is 0 Å². The summed E-state index contributed by atoms with van der Waals surface area (Å²) in [5, 5.41) is 3.16. The maximum absolute atomic E-state index is 12.7. The van der Waals surface area contributed by atoms with Gasteiger partial charge in [-0.1, -0.05) is 25.1 Å². The highest BCUT2D eigenvalue weighted by molar-refractivity contribution is 5.74. The number of rotatable bonds is 6. The molecule has 1 aliphatic rings. The zero-order chi connectivity index (χ0) is 19.1. The number of hydrogen-bond acceptors (Lipinski definition) is 4. The molecule has 0 unspecified atom stereocenters. The molecule has 1 N–H and O–H groups in total. The van der Waals surface area contributed by atoms with Crippen molar-refractivity contribution in [1.29, 1.82) is 0 Å². The number of pyridine rings is 1. The maximum Gasteiger partial charge on any atom is 0.317 e. The van der Waals surface area contributed by atoms with E-state index in [0.717, 1.165) is 50.5 Å². The topological polar surface area (TPSA) is 57.7 Å². The summed E-state index contributed by atoms with van der Waals surface area (Å²) >= 11 is 0. The number of ether oxygens (including phenoxy) is 1. The van der Waals surface area contributed by atoms with Crippen LogP contribution in [-0.4, -0.2) is 54.1 Å². The normalized spacial score (nSPS) is 16.0. The Labute approximate surface area is 161 Å². The van der Waals surface area contributed by atoms with Gasteiger partial charge in [-0.15, -0.1) is 0 Å². The molecule has 1 aliphatic heterocycles. The highest BCUT2D eigenvalue weighted by atomic mass is 16.5. The van der Waals surface area contributed by atoms with E-state index in [9.17, 15) is 4.79 Å². The van der Waals surface area contributed by atoms with E-state index < -0.39 is 0 Å². The first kappa shape index (κ1) is 19.2. The molecule has 2 heterocycles. The van der Waals surface area contributed by atoms with E-state index in [0.29, 0.717) is 0 Å². The average Bonchev–Trinajstić information content (AvgIpc) is 2.73. The second-order valence-electron chi connectivity index (χ2n) is 6.77. The second-order valence-corrected chi connectivity index (χ2v) is 6.77. The van der Waals surface area contributed by atoms with Crippen LogP contribution < -0.4 is 10.1 Å². The standard InChI is InChI=1S/C21H28N4O2/c1-3-19(17-8-10-22-11-9-17)23-21(26)25-14-12-24(13-15-25)16-18-6-4-5-7-20(18)27-2/h4-11,19H,3,12-16H2,1-2H3,(H,23,26)/t19-/m1/s1. The molecule has 1 aromatic heterocycles. The molecule has 0 aliphatic carbocycles. The van der Waals surface area contributed by atoms with Crippen LogP contribution in [0.25, 0.3) is 0 Å². The van der Waals surface area contributed by atoms with Crippen LogP contribution in [0.2, 0.25) is 0 Å². The SMILES string of the molecule is CC[C@@H](NC(=O)N1CCN(Cc2ccccc2OC)CC1)c1ccncc1. The van der Waals surface area contributed by atoms with E-state index in [-0.39, 0.29) is 12.1 Å². The number of aromatic nitrogens is 1. The summed E-state index contributed by atoms with van der Waals surface area (Å²) in [6.07, 6.45) is 4.38. The van der Waals surface area contributed by atoms with Gasteiger partial charge >= 0.3 is 6.03 Å². The molecule has 27 heavy (non-hydrogen) atoms. The number of urea groups is 1. The lowest BCUT2D eigenvalue weighted by Crippen LogP contribution is -2.51. The van der Waals surface area contributed by atoms with E-state index in [2.05, 4.69) is 28.2 Å². The van der Waals surface area contributed by atoms with Crippen molar-refractivity contribution in [1.82, 2.24) is 20.1 Å². The molecule has 1 aromatic carbocycles. The zero-order valence-electron chi connectivity index (χ0n) is 16.1. The van der Waals surface area contributed by atoms with Gasteiger partial charge in [0.15, 0.2) is 0 Å². The number of carbonyl (C=O) groups is 1. The maximum atomic E-state index is 12.7. The molecule has 0 bridgehead atoms. The quantitative estimate of drug-likeness (QED) is 0.851. The fourth-order valence-corrected chi connectivity index (χ4v) is 3.44. The van der Waals surface area contributed by atoms with E-state index in [1.165, 1.54) is 5.56 Å². The van der Waals surface area contributed by atoms with Gasteiger partial charge in [-0.25, -0.2) is 4.79 Å². The molecular weight excluding hydrogens is 340 g/mol. The van der Waals surface area contributed by atoms with Crippen LogP contribution in [0.15, 0.2) is 48.8 Å². The van der Waals surface area contributed by atoms with E-state index in [1.54, 1.807) is 19.5 Å². The number of benzene rings is 1. The monoisotopic (exact) mass is 368 g/mol. The third-order valence-electron chi connectivity index (χ3n) is 5.06. The third-order valence-corrected chi connectivity index (χ3v) is 5.06. The molecule has 6 heteroatoms. The average molecular weight is 368 g/mol. The molecule has 1 atom stereocenters. The molecule has 144 valence electrons. The predicted molar refractivity (Wildman–Crippen MR) is 106 cm³/mol. The number of carbonyl (C=O) groups excluding carboxylic acids is 1. The van der Waals surface area contributed by atoms with Crippen LogP contribution in [0, 0.1) is 0 Å². The van der Waals surface area contributed by atoms with Crippen molar-refractivity contribution < 1.29 is 9.53 Å². The first-order chi connectivity index (χ1) is 13.2. The van der Waals surface area contributed by atoms with Gasteiger partial charge in [-0.2, -0.15) is 0 Å². The van der Waals surface area contributed by atoms with Crippen molar-refractivity contribution in [2.75, 3.05) is 33.3 Å². The number of methoxy groups -OCH3 is 1. The van der Waals surface area contributed by atoms with Crippen LogP contribution in [0.4, 0.5) is 4.79 Å². The molecular formula is C21H28N4O2. The Morgan fingerprint density at radius 2 is 1.85 bits per heavy atom. The van der Waals surface area contributed by atoms with Gasteiger partial charge in [-0.3, -0.25) is 9.88 Å². The number of amides is 2. The lowest BCUT2D eigenvalue weighted by molar-refractivity contribution is 0.132. The largest absolute Gasteiger partial charge is 0.496 e. The molecule has 0 saturated carbocycles. The van der Waals surface area contributed by atoms with Crippen molar-refractivity contribution >= 4 is 6.03 Å². The van der Waals surface area contributed by atoms with Crippen molar-refractivity contribution in [3.8, 4) is 5.75 Å². The highest BCUT2D eigenvalue weighted by Crippen LogP contribution is 2.20. The molecule has 1 saturated heterocycles.